The molecule has 3 aromatic carbocycles. The highest BCUT2D eigenvalue weighted by Crippen LogP contribution is 2.26. The van der Waals surface area contributed by atoms with Crippen molar-refractivity contribution in [2.24, 2.45) is 0 Å². The summed E-state index contributed by atoms with van der Waals surface area (Å²) in [6.45, 7) is 7.29. The van der Waals surface area contributed by atoms with Gasteiger partial charge in [-0.1, -0.05) is 55.9 Å². The maximum Gasteiger partial charge on any atom is 0.333 e. The fourth-order valence-electron chi connectivity index (χ4n) is 4.66. The summed E-state index contributed by atoms with van der Waals surface area (Å²) >= 11 is 0. The van der Waals surface area contributed by atoms with Crippen molar-refractivity contribution in [3.8, 4) is 23.8 Å². The van der Waals surface area contributed by atoms with Crippen LogP contribution in [0.1, 0.15) is 13.3 Å². The van der Waals surface area contributed by atoms with Crippen molar-refractivity contribution in [1.29, 1.82) is 0 Å². The minimum atomic E-state index is -4.43. The van der Waals surface area contributed by atoms with Gasteiger partial charge in [0.15, 0.2) is 0 Å². The largest absolute Gasteiger partial charge is 0.480 e. The number of carboxylic acids is 1. The van der Waals surface area contributed by atoms with Crippen LogP contribution >= 0.6 is 0 Å². The van der Waals surface area contributed by atoms with Gasteiger partial charge in [-0.2, -0.15) is 4.31 Å². The molecule has 11 nitrogen and oxygen atoms in total. The molecule has 13 heteroatoms. The number of carboxylic acid groups (broad SMARTS) is 1. The van der Waals surface area contributed by atoms with Gasteiger partial charge in [-0.05, 0) is 61.9 Å². The van der Waals surface area contributed by atoms with E-state index in [0.717, 1.165) is 4.57 Å². The minimum absolute atomic E-state index is 0.101. The molecule has 2 atom stereocenters. The van der Waals surface area contributed by atoms with E-state index in [-0.39, 0.29) is 29.3 Å². The number of benzene rings is 3. The Hall–Kier alpha value is -4.48. The highest BCUT2D eigenvalue weighted by Gasteiger charge is 2.36. The molecule has 0 aliphatic carbocycles. The van der Waals surface area contributed by atoms with E-state index in [0.29, 0.717) is 21.3 Å². The summed E-state index contributed by atoms with van der Waals surface area (Å²) in [5, 5.41) is 10.4. The lowest BCUT2D eigenvalue weighted by Crippen LogP contribution is -2.47. The molecule has 0 amide bonds. The topological polar surface area (TPSA) is 137 Å². The molecular formula is C33H37N3O8SSi. The van der Waals surface area contributed by atoms with Crippen LogP contribution < -0.4 is 16.0 Å². The molecule has 1 N–H and O–H groups in total. The zero-order valence-electron chi connectivity index (χ0n) is 26.1. The van der Waals surface area contributed by atoms with E-state index < -0.39 is 54.3 Å². The smallest absolute Gasteiger partial charge is 0.333 e. The number of para-hydroxylation sites is 2. The minimum Gasteiger partial charge on any atom is -0.480 e. The maximum atomic E-state index is 13.7. The Balaban J connectivity index is 1.65. The van der Waals surface area contributed by atoms with E-state index in [1.807, 2.05) is 13.0 Å². The van der Waals surface area contributed by atoms with E-state index in [4.69, 9.17) is 15.9 Å². The van der Waals surface area contributed by atoms with Crippen molar-refractivity contribution >= 4 is 35.0 Å². The molecule has 0 bridgehead atoms. The Morgan fingerprint density at radius 3 is 2.17 bits per heavy atom. The molecule has 4 rings (SSSR count). The van der Waals surface area contributed by atoms with Crippen LogP contribution in [-0.4, -0.2) is 59.3 Å². The number of nitrogens with zero attached hydrogens (tertiary/aromatic N) is 3. The average molecular weight is 664 g/mol. The predicted molar refractivity (Wildman–Crippen MR) is 178 cm³/mol. The molecule has 4 aromatic rings. The van der Waals surface area contributed by atoms with Crippen molar-refractivity contribution in [1.82, 2.24) is 13.4 Å². The van der Waals surface area contributed by atoms with Crippen LogP contribution in [0.25, 0.3) is 10.9 Å². The number of aromatic nitrogens is 2. The monoisotopic (exact) mass is 663 g/mol. The first-order valence-corrected chi connectivity index (χ1v) is 19.6. The average Bonchev–Trinajstić information content (AvgIpc) is 3.02. The Kier molecular flexibility index (Phi) is 10.7. The molecule has 1 aromatic heterocycles. The van der Waals surface area contributed by atoms with Gasteiger partial charge in [-0.15, -0.1) is 6.42 Å². The van der Waals surface area contributed by atoms with Crippen molar-refractivity contribution in [2.75, 3.05) is 6.54 Å². The summed E-state index contributed by atoms with van der Waals surface area (Å²) in [6, 6.07) is 19.3. The van der Waals surface area contributed by atoms with Crippen LogP contribution in [-0.2, 0) is 32.8 Å². The number of terminal acetylenes is 1. The number of carbonyl (C=O) groups is 1. The second-order valence-corrected chi connectivity index (χ2v) is 19.2. The number of hydrogen-bond donors (Lipinski definition) is 1. The third kappa shape index (κ3) is 7.65. The number of ether oxygens (including phenoxy) is 2. The lowest BCUT2D eigenvalue weighted by Gasteiger charge is -2.27. The molecule has 0 aliphatic rings. The predicted octanol–water partition coefficient (Wildman–Crippen LogP) is 4.36. The molecule has 0 spiro atoms. The first-order chi connectivity index (χ1) is 21.8. The van der Waals surface area contributed by atoms with Crippen LogP contribution in [0.15, 0.2) is 93.3 Å². The number of rotatable bonds is 14. The maximum absolute atomic E-state index is 13.7. The number of aliphatic carboxylic acids is 1. The third-order valence-electron chi connectivity index (χ3n) is 7.72. The van der Waals surface area contributed by atoms with Gasteiger partial charge in [-0.3, -0.25) is 18.7 Å². The van der Waals surface area contributed by atoms with E-state index >= 15 is 0 Å². The highest BCUT2D eigenvalue weighted by molar-refractivity contribution is 7.89. The summed E-state index contributed by atoms with van der Waals surface area (Å²) in [4.78, 5) is 39.4. The van der Waals surface area contributed by atoms with Crippen LogP contribution in [0.3, 0.4) is 0 Å². The van der Waals surface area contributed by atoms with Crippen molar-refractivity contribution in [3.05, 3.63) is 99.7 Å². The quantitative estimate of drug-likeness (QED) is 0.155. The van der Waals surface area contributed by atoms with Gasteiger partial charge in [0.05, 0.1) is 30.4 Å². The lowest BCUT2D eigenvalue weighted by atomic mass is 10.2. The molecule has 0 aliphatic heterocycles. The van der Waals surface area contributed by atoms with Gasteiger partial charge in [0.25, 0.3) is 5.56 Å². The summed E-state index contributed by atoms with van der Waals surface area (Å²) < 4.78 is 42.1. The Morgan fingerprint density at radius 1 is 0.957 bits per heavy atom. The first kappa shape index (κ1) is 34.4. The third-order valence-corrected chi connectivity index (χ3v) is 12.2. The van der Waals surface area contributed by atoms with Gasteiger partial charge >= 0.3 is 11.7 Å². The molecule has 0 saturated heterocycles. The van der Waals surface area contributed by atoms with E-state index in [1.54, 1.807) is 48.5 Å². The zero-order chi connectivity index (χ0) is 33.6. The second kappa shape index (κ2) is 14.3. The fourth-order valence-corrected chi connectivity index (χ4v) is 6.76. The Labute approximate surface area is 268 Å². The van der Waals surface area contributed by atoms with Crippen molar-refractivity contribution < 1.29 is 27.8 Å². The van der Waals surface area contributed by atoms with E-state index in [9.17, 15) is 27.9 Å². The number of hydrogen-bond acceptors (Lipinski definition) is 7. The Morgan fingerprint density at radius 2 is 1.57 bits per heavy atom. The molecule has 242 valence electrons. The van der Waals surface area contributed by atoms with E-state index in [1.165, 1.54) is 28.8 Å². The Bertz CT molecular complexity index is 1960. The summed E-state index contributed by atoms with van der Waals surface area (Å²) in [7, 11) is -6.14. The molecule has 0 saturated carbocycles. The van der Waals surface area contributed by atoms with Crippen LogP contribution in [0.2, 0.25) is 19.6 Å². The molecule has 1 heterocycles. The molecule has 0 radical (unpaired) electrons. The van der Waals surface area contributed by atoms with Gasteiger partial charge in [-0.25, -0.2) is 13.2 Å². The van der Waals surface area contributed by atoms with Crippen molar-refractivity contribution in [2.45, 2.75) is 62.9 Å². The molecule has 2 unspecified atom stereocenters. The number of fused-ring (bicyclic) bond motifs is 1. The summed E-state index contributed by atoms with van der Waals surface area (Å²) in [5.41, 5.74) is -1.05. The normalized spacial score (nSPS) is 13.3. The van der Waals surface area contributed by atoms with Crippen LogP contribution in [0.5, 0.6) is 11.5 Å². The highest BCUT2D eigenvalue weighted by atomic mass is 32.2. The summed E-state index contributed by atoms with van der Waals surface area (Å²) in [5.74, 6) is 1.67. The standard InChI is InChI=1S/C33H37N3O8SSi/c1-6-21-36(45(41,42)27-18-16-26(17-19-27)44-25-12-8-7-9-13-25)30(32(38)39)20-22-34-31(37)28-14-10-11-15-29(28)35(33(34)40)23-43-24(2)46(3,4)5/h1,7-19,24,30H,20-23H2,2-5H3,(H,38,39). The number of sulfonamides is 1. The lowest BCUT2D eigenvalue weighted by molar-refractivity contribution is -0.141. The van der Waals surface area contributed by atoms with Gasteiger partial charge in [0, 0.05) is 12.3 Å². The van der Waals surface area contributed by atoms with Gasteiger partial charge < -0.3 is 14.6 Å². The van der Waals surface area contributed by atoms with Gasteiger partial charge in [0.2, 0.25) is 10.0 Å². The van der Waals surface area contributed by atoms with E-state index in [2.05, 4.69) is 25.6 Å². The van der Waals surface area contributed by atoms with Crippen molar-refractivity contribution in [3.63, 3.8) is 0 Å². The first-order valence-electron chi connectivity index (χ1n) is 14.6. The summed E-state index contributed by atoms with van der Waals surface area (Å²) in [6.07, 6.45) is 5.08. The molecule has 0 fully saturated rings. The van der Waals surface area contributed by atoms with Gasteiger partial charge in [0.1, 0.15) is 24.3 Å². The molecule has 46 heavy (non-hydrogen) atoms. The molecular weight excluding hydrogens is 627 g/mol. The SMILES string of the molecule is C#CCN(C(CCn1c(=O)c2ccccc2n(COC(C)[Si](C)(C)C)c1=O)C(=O)O)S(=O)(=O)c1ccc(Oc2ccccc2)cc1. The van der Waals surface area contributed by atoms with Crippen LogP contribution in [0.4, 0.5) is 0 Å². The fraction of sp³-hybridized carbons (Fsp3) is 0.303. The zero-order valence-corrected chi connectivity index (χ0v) is 27.9. The van der Waals surface area contributed by atoms with Crippen LogP contribution in [0, 0.1) is 12.3 Å². The second-order valence-electron chi connectivity index (χ2n) is 11.8.